The second kappa shape index (κ2) is 7.20. The SMILES string of the molecule is CCn1nc(-c2cccc(C3(N)COC3)c2)cc1Oc1ccc(C(F)(F)F)cc1. The first-order chi connectivity index (χ1) is 13.8. The van der Waals surface area contributed by atoms with E-state index in [9.17, 15) is 13.2 Å². The third-order valence-corrected chi connectivity index (χ3v) is 4.90. The van der Waals surface area contributed by atoms with Gasteiger partial charge >= 0.3 is 6.18 Å². The lowest BCUT2D eigenvalue weighted by Crippen LogP contribution is -2.54. The van der Waals surface area contributed by atoms with Gasteiger partial charge in [0.05, 0.1) is 30.0 Å². The molecule has 0 spiro atoms. The lowest BCUT2D eigenvalue weighted by molar-refractivity contribution is -0.137. The molecule has 0 amide bonds. The summed E-state index contributed by atoms with van der Waals surface area (Å²) < 4.78 is 50.9. The van der Waals surface area contributed by atoms with Crippen LogP contribution in [0.3, 0.4) is 0 Å². The fraction of sp³-hybridized carbons (Fsp3) is 0.286. The van der Waals surface area contributed by atoms with Crippen LogP contribution in [0.2, 0.25) is 0 Å². The van der Waals surface area contributed by atoms with E-state index in [0.29, 0.717) is 37.1 Å². The zero-order valence-corrected chi connectivity index (χ0v) is 15.7. The van der Waals surface area contributed by atoms with Gasteiger partial charge in [0.2, 0.25) is 5.88 Å². The number of nitrogens with zero attached hydrogens (tertiary/aromatic N) is 2. The molecule has 29 heavy (non-hydrogen) atoms. The molecule has 0 radical (unpaired) electrons. The molecule has 0 unspecified atom stereocenters. The molecule has 8 heteroatoms. The molecular weight excluding hydrogens is 383 g/mol. The number of aryl methyl sites for hydroxylation is 1. The van der Waals surface area contributed by atoms with E-state index in [-0.39, 0.29) is 0 Å². The van der Waals surface area contributed by atoms with Crippen LogP contribution in [0, 0.1) is 0 Å². The number of aromatic nitrogens is 2. The van der Waals surface area contributed by atoms with Crippen LogP contribution < -0.4 is 10.5 Å². The van der Waals surface area contributed by atoms with E-state index < -0.39 is 17.3 Å². The first kappa shape index (κ1) is 19.5. The number of nitrogens with two attached hydrogens (primary N) is 1. The summed E-state index contributed by atoms with van der Waals surface area (Å²) in [7, 11) is 0. The average molecular weight is 403 g/mol. The van der Waals surface area contributed by atoms with Crippen molar-refractivity contribution in [3.8, 4) is 22.9 Å². The van der Waals surface area contributed by atoms with Gasteiger partial charge in [-0.1, -0.05) is 18.2 Å². The Bertz CT molecular complexity index is 1010. The highest BCUT2D eigenvalue weighted by Gasteiger charge is 2.36. The molecule has 4 rings (SSSR count). The Kier molecular flexibility index (Phi) is 4.84. The maximum atomic E-state index is 12.7. The van der Waals surface area contributed by atoms with Crippen molar-refractivity contribution in [1.82, 2.24) is 9.78 Å². The molecule has 0 bridgehead atoms. The second-order valence-electron chi connectivity index (χ2n) is 7.04. The van der Waals surface area contributed by atoms with E-state index in [1.807, 2.05) is 31.2 Å². The van der Waals surface area contributed by atoms with Crippen LogP contribution in [0.1, 0.15) is 18.1 Å². The summed E-state index contributed by atoms with van der Waals surface area (Å²) in [6, 6.07) is 14.1. The Hall–Kier alpha value is -2.84. The highest BCUT2D eigenvalue weighted by atomic mass is 19.4. The third kappa shape index (κ3) is 3.86. The van der Waals surface area contributed by atoms with Gasteiger partial charge in [-0.2, -0.15) is 18.3 Å². The summed E-state index contributed by atoms with van der Waals surface area (Å²) in [5.41, 5.74) is 7.66. The van der Waals surface area contributed by atoms with Crippen LogP contribution in [0.25, 0.3) is 11.3 Å². The zero-order valence-electron chi connectivity index (χ0n) is 15.7. The first-order valence-corrected chi connectivity index (χ1v) is 9.19. The molecule has 1 aliphatic heterocycles. The number of benzene rings is 2. The van der Waals surface area contributed by atoms with E-state index in [4.69, 9.17) is 15.2 Å². The Morgan fingerprint density at radius 3 is 2.45 bits per heavy atom. The normalized spacial score (nSPS) is 15.8. The molecule has 1 fully saturated rings. The number of hydrogen-bond acceptors (Lipinski definition) is 4. The zero-order chi connectivity index (χ0) is 20.6. The van der Waals surface area contributed by atoms with Gasteiger partial charge in [0.1, 0.15) is 5.75 Å². The van der Waals surface area contributed by atoms with Crippen molar-refractivity contribution < 1.29 is 22.6 Å². The van der Waals surface area contributed by atoms with Crippen LogP contribution in [0.15, 0.2) is 54.6 Å². The van der Waals surface area contributed by atoms with Gasteiger partial charge in [-0.15, -0.1) is 0 Å². The molecule has 152 valence electrons. The van der Waals surface area contributed by atoms with Crippen molar-refractivity contribution in [2.45, 2.75) is 25.2 Å². The van der Waals surface area contributed by atoms with Crippen molar-refractivity contribution in [2.24, 2.45) is 5.73 Å². The molecule has 2 aromatic carbocycles. The van der Waals surface area contributed by atoms with Gasteiger partial charge < -0.3 is 15.2 Å². The Labute approximate surface area is 165 Å². The van der Waals surface area contributed by atoms with E-state index in [2.05, 4.69) is 5.10 Å². The van der Waals surface area contributed by atoms with E-state index in [1.54, 1.807) is 10.7 Å². The second-order valence-corrected chi connectivity index (χ2v) is 7.04. The maximum Gasteiger partial charge on any atom is 0.416 e. The van der Waals surface area contributed by atoms with Crippen molar-refractivity contribution >= 4 is 0 Å². The Morgan fingerprint density at radius 2 is 1.86 bits per heavy atom. The van der Waals surface area contributed by atoms with Gasteiger partial charge in [-0.05, 0) is 42.8 Å². The fourth-order valence-electron chi connectivity index (χ4n) is 3.16. The lowest BCUT2D eigenvalue weighted by atomic mass is 9.88. The third-order valence-electron chi connectivity index (χ3n) is 4.90. The minimum Gasteiger partial charge on any atom is -0.439 e. The first-order valence-electron chi connectivity index (χ1n) is 9.19. The number of ether oxygens (including phenoxy) is 2. The van der Waals surface area contributed by atoms with Crippen molar-refractivity contribution in [3.05, 3.63) is 65.7 Å². The van der Waals surface area contributed by atoms with E-state index >= 15 is 0 Å². The van der Waals surface area contributed by atoms with Crippen molar-refractivity contribution in [3.63, 3.8) is 0 Å². The molecule has 0 saturated carbocycles. The molecule has 1 saturated heterocycles. The molecule has 5 nitrogen and oxygen atoms in total. The van der Waals surface area contributed by atoms with E-state index in [0.717, 1.165) is 23.3 Å². The number of alkyl halides is 3. The molecule has 0 aliphatic carbocycles. The van der Waals surface area contributed by atoms with Gasteiger partial charge in [0, 0.05) is 18.2 Å². The lowest BCUT2D eigenvalue weighted by Gasteiger charge is -2.38. The predicted molar refractivity (Wildman–Crippen MR) is 102 cm³/mol. The molecule has 1 aromatic heterocycles. The van der Waals surface area contributed by atoms with Crippen molar-refractivity contribution in [1.29, 1.82) is 0 Å². The van der Waals surface area contributed by atoms with Crippen LogP contribution >= 0.6 is 0 Å². The quantitative estimate of drug-likeness (QED) is 0.678. The van der Waals surface area contributed by atoms with Crippen LogP contribution in [-0.2, 0) is 23.0 Å². The minimum atomic E-state index is -4.38. The van der Waals surface area contributed by atoms with Crippen LogP contribution in [0.4, 0.5) is 13.2 Å². The monoisotopic (exact) mass is 403 g/mol. The van der Waals surface area contributed by atoms with Gasteiger partial charge in [0.25, 0.3) is 0 Å². The minimum absolute atomic E-state index is 0.306. The fourth-order valence-corrected chi connectivity index (χ4v) is 3.16. The maximum absolute atomic E-state index is 12.7. The van der Waals surface area contributed by atoms with Crippen LogP contribution in [0.5, 0.6) is 11.6 Å². The smallest absolute Gasteiger partial charge is 0.416 e. The van der Waals surface area contributed by atoms with Crippen LogP contribution in [-0.4, -0.2) is 23.0 Å². The summed E-state index contributed by atoms with van der Waals surface area (Å²) >= 11 is 0. The topological polar surface area (TPSA) is 62.3 Å². The van der Waals surface area contributed by atoms with Gasteiger partial charge in [-0.3, -0.25) is 0 Å². The highest BCUT2D eigenvalue weighted by Crippen LogP contribution is 2.34. The number of hydrogen-bond donors (Lipinski definition) is 1. The van der Waals surface area contributed by atoms with Crippen molar-refractivity contribution in [2.75, 3.05) is 13.2 Å². The Morgan fingerprint density at radius 1 is 1.14 bits per heavy atom. The number of halogens is 3. The molecule has 0 atom stereocenters. The summed E-state index contributed by atoms with van der Waals surface area (Å²) in [4.78, 5) is 0. The van der Waals surface area contributed by atoms with Gasteiger partial charge in [-0.25, -0.2) is 4.68 Å². The van der Waals surface area contributed by atoms with E-state index in [1.165, 1.54) is 12.1 Å². The molecule has 2 heterocycles. The molecular formula is C21H20F3N3O2. The summed E-state index contributed by atoms with van der Waals surface area (Å²) in [6.07, 6.45) is -4.38. The summed E-state index contributed by atoms with van der Waals surface area (Å²) in [6.45, 7) is 3.40. The largest absolute Gasteiger partial charge is 0.439 e. The van der Waals surface area contributed by atoms with Gasteiger partial charge in [0.15, 0.2) is 0 Å². The summed E-state index contributed by atoms with van der Waals surface area (Å²) in [5.74, 6) is 0.752. The Balaban J connectivity index is 1.60. The average Bonchev–Trinajstić information content (AvgIpc) is 3.09. The molecule has 3 aromatic rings. The molecule has 2 N–H and O–H groups in total. The standard InChI is InChI=1S/C21H20F3N3O2/c1-2-27-19(29-17-8-6-15(7-9-17)21(22,23)24)11-18(26-27)14-4-3-5-16(10-14)20(25)12-28-13-20/h3-11H,2,12-13,25H2,1H3. The number of rotatable bonds is 5. The molecule has 1 aliphatic rings. The predicted octanol–water partition coefficient (Wildman–Crippen LogP) is 4.57. The highest BCUT2D eigenvalue weighted by molar-refractivity contribution is 5.62. The summed E-state index contributed by atoms with van der Waals surface area (Å²) in [5, 5.41) is 4.56.